The second kappa shape index (κ2) is 9.30. The lowest BCUT2D eigenvalue weighted by Gasteiger charge is -2.19. The Morgan fingerprint density at radius 3 is 2.52 bits per heavy atom. The second-order valence-corrected chi connectivity index (χ2v) is 6.69. The third-order valence-electron chi connectivity index (χ3n) is 4.92. The number of ether oxygens (including phenoxy) is 2. The van der Waals surface area contributed by atoms with Crippen molar-refractivity contribution in [2.24, 2.45) is 11.8 Å². The van der Waals surface area contributed by atoms with Gasteiger partial charge in [0.05, 0.1) is 13.2 Å². The summed E-state index contributed by atoms with van der Waals surface area (Å²) >= 11 is 0. The summed E-state index contributed by atoms with van der Waals surface area (Å²) in [7, 11) is 0. The smallest absolute Gasteiger partial charge is 0.254 e. The minimum Gasteiger partial charge on any atom is -0.490 e. The number of halogens is 1. The Morgan fingerprint density at radius 2 is 1.88 bits per heavy atom. The fourth-order valence-corrected chi connectivity index (χ4v) is 3.56. The molecule has 1 aromatic rings. The predicted octanol–water partition coefficient (Wildman–Crippen LogP) is 2.98. The van der Waals surface area contributed by atoms with E-state index in [1.54, 1.807) is 0 Å². The second-order valence-electron chi connectivity index (χ2n) is 6.69. The maximum Gasteiger partial charge on any atom is 0.254 e. The van der Waals surface area contributed by atoms with E-state index >= 15 is 0 Å². The average molecular weight is 369 g/mol. The molecule has 0 saturated carbocycles. The van der Waals surface area contributed by atoms with Crippen LogP contribution >= 0.6 is 12.4 Å². The Hall–Kier alpha value is -1.46. The Kier molecular flexibility index (Phi) is 7.38. The van der Waals surface area contributed by atoms with Crippen LogP contribution in [0.1, 0.15) is 37.0 Å². The van der Waals surface area contributed by atoms with Gasteiger partial charge in [-0.3, -0.25) is 4.79 Å². The van der Waals surface area contributed by atoms with Crippen LogP contribution in [0.3, 0.4) is 0 Å². The topological polar surface area (TPSA) is 50.8 Å². The highest BCUT2D eigenvalue weighted by Gasteiger charge is 2.38. The number of hydrogen-bond donors (Lipinski definition) is 1. The summed E-state index contributed by atoms with van der Waals surface area (Å²) in [5.74, 6) is 2.71. The van der Waals surface area contributed by atoms with Crippen LogP contribution in [0.5, 0.6) is 11.5 Å². The summed E-state index contributed by atoms with van der Waals surface area (Å²) in [4.78, 5) is 14.8. The normalized spacial score (nSPS) is 21.6. The van der Waals surface area contributed by atoms with E-state index in [4.69, 9.17) is 9.47 Å². The van der Waals surface area contributed by atoms with Gasteiger partial charge in [-0.1, -0.05) is 13.3 Å². The molecule has 0 spiro atoms. The quantitative estimate of drug-likeness (QED) is 0.752. The van der Waals surface area contributed by atoms with Crippen molar-refractivity contribution in [1.82, 2.24) is 10.2 Å². The van der Waals surface area contributed by atoms with E-state index in [1.807, 2.05) is 30.0 Å². The van der Waals surface area contributed by atoms with Gasteiger partial charge in [0.25, 0.3) is 5.91 Å². The monoisotopic (exact) mass is 368 g/mol. The number of nitrogens with one attached hydrogen (secondary N) is 1. The standard InChI is InChI=1S/C19H28N2O3.ClH/c1-3-5-8-24-17-7-6-14(9-18(17)23-4-2)19(22)21-12-15-10-20-11-16(15)13-21;/h6-7,9,15-16,20H,3-5,8,10-13H2,1-2H3;1H/t15-,16+;. The van der Waals surface area contributed by atoms with Crippen LogP contribution in [-0.2, 0) is 0 Å². The number of fused-ring (bicyclic) bond motifs is 1. The number of carbonyl (C=O) groups is 1. The molecule has 6 heteroatoms. The van der Waals surface area contributed by atoms with Gasteiger partial charge in [-0.05, 0) is 43.4 Å². The number of benzene rings is 1. The average Bonchev–Trinajstić information content (AvgIpc) is 3.17. The molecule has 2 aliphatic rings. The summed E-state index contributed by atoms with van der Waals surface area (Å²) in [5.41, 5.74) is 0.689. The summed E-state index contributed by atoms with van der Waals surface area (Å²) < 4.78 is 11.5. The Balaban J connectivity index is 0.00000225. The maximum atomic E-state index is 12.8. The molecule has 0 bridgehead atoms. The molecular formula is C19H29ClN2O3. The van der Waals surface area contributed by atoms with Gasteiger partial charge < -0.3 is 19.7 Å². The van der Waals surface area contributed by atoms with Crippen LogP contribution in [0.4, 0.5) is 0 Å². The van der Waals surface area contributed by atoms with Crippen molar-refractivity contribution in [1.29, 1.82) is 0 Å². The Labute approximate surface area is 156 Å². The summed E-state index contributed by atoms with van der Waals surface area (Å²) in [5, 5.41) is 3.41. The Morgan fingerprint density at radius 1 is 1.16 bits per heavy atom. The molecule has 0 aliphatic carbocycles. The lowest BCUT2D eigenvalue weighted by atomic mass is 10.0. The van der Waals surface area contributed by atoms with E-state index in [9.17, 15) is 4.79 Å². The third-order valence-corrected chi connectivity index (χ3v) is 4.92. The zero-order valence-electron chi connectivity index (χ0n) is 15.1. The molecule has 0 aromatic heterocycles. The highest BCUT2D eigenvalue weighted by atomic mass is 35.5. The van der Waals surface area contributed by atoms with Crippen LogP contribution in [0.15, 0.2) is 18.2 Å². The van der Waals surface area contributed by atoms with Crippen LogP contribution in [0, 0.1) is 11.8 Å². The summed E-state index contributed by atoms with van der Waals surface area (Å²) in [6.07, 6.45) is 2.10. The molecule has 2 atom stereocenters. The first-order valence-corrected chi connectivity index (χ1v) is 9.12. The number of rotatable bonds is 7. The summed E-state index contributed by atoms with van der Waals surface area (Å²) in [6, 6.07) is 5.56. The van der Waals surface area contributed by atoms with Crippen molar-refractivity contribution in [3.05, 3.63) is 23.8 Å². The van der Waals surface area contributed by atoms with Crippen LogP contribution < -0.4 is 14.8 Å². The molecule has 5 nitrogen and oxygen atoms in total. The zero-order chi connectivity index (χ0) is 16.9. The minimum absolute atomic E-state index is 0. The summed E-state index contributed by atoms with van der Waals surface area (Å²) in [6.45, 7) is 9.08. The lowest BCUT2D eigenvalue weighted by molar-refractivity contribution is 0.0781. The molecule has 3 rings (SSSR count). The van der Waals surface area contributed by atoms with Gasteiger partial charge in [0, 0.05) is 31.7 Å². The van der Waals surface area contributed by atoms with Crippen molar-refractivity contribution >= 4 is 18.3 Å². The predicted molar refractivity (Wildman–Crippen MR) is 101 cm³/mol. The molecule has 1 aromatic carbocycles. The number of likely N-dealkylation sites (tertiary alicyclic amines) is 1. The Bertz CT molecular complexity index is 570. The first kappa shape index (κ1) is 19.9. The van der Waals surface area contributed by atoms with Crippen LogP contribution in [-0.4, -0.2) is 50.2 Å². The van der Waals surface area contributed by atoms with Gasteiger partial charge in [0.1, 0.15) is 0 Å². The first-order valence-electron chi connectivity index (χ1n) is 9.12. The maximum absolute atomic E-state index is 12.8. The molecular weight excluding hydrogens is 340 g/mol. The lowest BCUT2D eigenvalue weighted by Crippen LogP contribution is -2.31. The SMILES string of the molecule is CCCCOc1ccc(C(=O)N2C[C@H]3CNC[C@H]3C2)cc1OCC.Cl. The van der Waals surface area contributed by atoms with Crippen molar-refractivity contribution in [3.63, 3.8) is 0 Å². The molecule has 140 valence electrons. The molecule has 0 radical (unpaired) electrons. The van der Waals surface area contributed by atoms with Gasteiger partial charge in [-0.15, -0.1) is 12.4 Å². The molecule has 2 saturated heterocycles. The van der Waals surface area contributed by atoms with Gasteiger partial charge >= 0.3 is 0 Å². The fraction of sp³-hybridized carbons (Fsp3) is 0.632. The molecule has 2 fully saturated rings. The highest BCUT2D eigenvalue weighted by molar-refractivity contribution is 5.95. The van der Waals surface area contributed by atoms with Crippen LogP contribution in [0.2, 0.25) is 0 Å². The van der Waals surface area contributed by atoms with E-state index < -0.39 is 0 Å². The number of unbranched alkanes of at least 4 members (excludes halogenated alkanes) is 1. The number of amides is 1. The van der Waals surface area contributed by atoms with E-state index in [0.29, 0.717) is 36.4 Å². The molecule has 1 amide bonds. The van der Waals surface area contributed by atoms with Gasteiger partial charge in [-0.25, -0.2) is 0 Å². The molecule has 25 heavy (non-hydrogen) atoms. The van der Waals surface area contributed by atoms with Gasteiger partial charge in [0.2, 0.25) is 0 Å². The largest absolute Gasteiger partial charge is 0.490 e. The molecule has 1 N–H and O–H groups in total. The fourth-order valence-electron chi connectivity index (χ4n) is 3.56. The first-order chi connectivity index (χ1) is 11.7. The zero-order valence-corrected chi connectivity index (χ0v) is 15.9. The van der Waals surface area contributed by atoms with Crippen molar-refractivity contribution in [2.45, 2.75) is 26.7 Å². The highest BCUT2D eigenvalue weighted by Crippen LogP contribution is 2.31. The molecule has 2 aliphatic heterocycles. The van der Waals surface area contributed by atoms with E-state index in [1.165, 1.54) is 0 Å². The number of carbonyl (C=O) groups excluding carboxylic acids is 1. The van der Waals surface area contributed by atoms with Gasteiger partial charge in [-0.2, -0.15) is 0 Å². The van der Waals surface area contributed by atoms with Crippen LogP contribution in [0.25, 0.3) is 0 Å². The van der Waals surface area contributed by atoms with E-state index in [2.05, 4.69) is 12.2 Å². The molecule has 0 unspecified atom stereocenters. The van der Waals surface area contributed by atoms with E-state index in [-0.39, 0.29) is 18.3 Å². The van der Waals surface area contributed by atoms with Crippen molar-refractivity contribution in [3.8, 4) is 11.5 Å². The van der Waals surface area contributed by atoms with Gasteiger partial charge in [0.15, 0.2) is 11.5 Å². The van der Waals surface area contributed by atoms with Crippen molar-refractivity contribution in [2.75, 3.05) is 39.4 Å². The third kappa shape index (κ3) is 4.59. The van der Waals surface area contributed by atoms with Crippen molar-refractivity contribution < 1.29 is 14.3 Å². The molecule has 2 heterocycles. The number of nitrogens with zero attached hydrogens (tertiary/aromatic N) is 1. The minimum atomic E-state index is 0. The number of hydrogen-bond acceptors (Lipinski definition) is 4. The van der Waals surface area contributed by atoms with E-state index in [0.717, 1.165) is 44.8 Å².